The van der Waals surface area contributed by atoms with Gasteiger partial charge in [-0.1, -0.05) is 0 Å². The Labute approximate surface area is 82.9 Å². The Balaban J connectivity index is 2.76. The zero-order valence-corrected chi connectivity index (χ0v) is 8.03. The van der Waals surface area contributed by atoms with Crippen molar-refractivity contribution in [3.63, 3.8) is 0 Å². The number of likely N-dealkylation sites (tertiary alicyclic amines) is 1. The number of amides is 1. The van der Waals surface area contributed by atoms with E-state index in [0.29, 0.717) is 12.8 Å². The lowest BCUT2D eigenvalue weighted by atomic mass is 10.2. The summed E-state index contributed by atoms with van der Waals surface area (Å²) >= 11 is 0. The maximum Gasteiger partial charge on any atom is 0.238 e. The average molecular weight is 192 g/mol. The fraction of sp³-hybridized carbons (Fsp3) is 0.667. The lowest BCUT2D eigenvalue weighted by Gasteiger charge is -2.22. The van der Waals surface area contributed by atoms with Gasteiger partial charge in [0.15, 0.2) is 0 Å². The molecule has 0 saturated carbocycles. The van der Waals surface area contributed by atoms with Gasteiger partial charge in [0.25, 0.3) is 0 Å². The monoisotopic (exact) mass is 192 g/mol. The van der Waals surface area contributed by atoms with Crippen LogP contribution in [-0.2, 0) is 4.79 Å². The van der Waals surface area contributed by atoms with Crippen LogP contribution in [0.1, 0.15) is 12.8 Å². The van der Waals surface area contributed by atoms with Crippen molar-refractivity contribution in [2.45, 2.75) is 24.9 Å². The van der Waals surface area contributed by atoms with Gasteiger partial charge in [-0.15, -0.1) is 0 Å². The van der Waals surface area contributed by atoms with Crippen LogP contribution in [0.25, 0.3) is 0 Å². The predicted octanol–water partition coefficient (Wildman–Crippen LogP) is -0.387. The first-order chi connectivity index (χ1) is 6.74. The van der Waals surface area contributed by atoms with Crippen LogP contribution in [0.3, 0.4) is 0 Å². The number of rotatable bonds is 2. The molecule has 1 N–H and O–H groups in total. The molecule has 1 fully saturated rings. The Morgan fingerprint density at radius 3 is 2.29 bits per heavy atom. The molecule has 5 nitrogen and oxygen atoms in total. The van der Waals surface area contributed by atoms with Crippen molar-refractivity contribution in [2.75, 3.05) is 13.6 Å². The Bertz CT molecular complexity index is 279. The normalized spacial score (nSPS) is 25.5. The highest BCUT2D eigenvalue weighted by molar-refractivity contribution is 5.80. The SMILES string of the molecule is CNCC(=O)N1C(C#N)CCC1C#N. The Hall–Kier alpha value is -1.59. The van der Waals surface area contributed by atoms with E-state index in [9.17, 15) is 4.79 Å². The summed E-state index contributed by atoms with van der Waals surface area (Å²) in [5, 5.41) is 20.3. The van der Waals surface area contributed by atoms with E-state index in [1.54, 1.807) is 7.05 Å². The van der Waals surface area contributed by atoms with Crippen molar-refractivity contribution < 1.29 is 4.79 Å². The molecule has 1 aliphatic heterocycles. The average Bonchev–Trinajstić information content (AvgIpc) is 2.60. The molecule has 1 saturated heterocycles. The standard InChI is InChI=1S/C9H12N4O/c1-12-6-9(14)13-7(4-10)2-3-8(13)5-11/h7-8,12H,2-3,6H2,1H3. The summed E-state index contributed by atoms with van der Waals surface area (Å²) < 4.78 is 0. The number of carbonyl (C=O) groups is 1. The quantitative estimate of drug-likeness (QED) is 0.646. The highest BCUT2D eigenvalue weighted by atomic mass is 16.2. The van der Waals surface area contributed by atoms with Gasteiger partial charge in [0.1, 0.15) is 12.1 Å². The van der Waals surface area contributed by atoms with Crippen molar-refractivity contribution in [1.29, 1.82) is 10.5 Å². The van der Waals surface area contributed by atoms with Gasteiger partial charge in [-0.25, -0.2) is 0 Å². The Kier molecular flexibility index (Phi) is 3.44. The maximum absolute atomic E-state index is 11.5. The Morgan fingerprint density at radius 1 is 1.43 bits per heavy atom. The third kappa shape index (κ3) is 1.84. The van der Waals surface area contributed by atoms with Gasteiger partial charge in [0.05, 0.1) is 18.7 Å². The van der Waals surface area contributed by atoms with E-state index in [4.69, 9.17) is 10.5 Å². The second-order valence-electron chi connectivity index (χ2n) is 3.20. The first-order valence-corrected chi connectivity index (χ1v) is 4.49. The predicted molar refractivity (Wildman–Crippen MR) is 48.8 cm³/mol. The van der Waals surface area contributed by atoms with Gasteiger partial charge >= 0.3 is 0 Å². The number of nitriles is 2. The minimum atomic E-state index is -0.430. The lowest BCUT2D eigenvalue weighted by molar-refractivity contribution is -0.131. The molecule has 0 bridgehead atoms. The fourth-order valence-electron chi connectivity index (χ4n) is 1.65. The van der Waals surface area contributed by atoms with Gasteiger partial charge < -0.3 is 10.2 Å². The molecule has 0 aliphatic carbocycles. The van der Waals surface area contributed by atoms with Crippen LogP contribution < -0.4 is 5.32 Å². The molecular formula is C9H12N4O. The third-order valence-electron chi connectivity index (χ3n) is 2.30. The van der Waals surface area contributed by atoms with Crippen molar-refractivity contribution in [1.82, 2.24) is 10.2 Å². The molecule has 0 spiro atoms. The number of nitrogens with zero attached hydrogens (tertiary/aromatic N) is 3. The summed E-state index contributed by atoms with van der Waals surface area (Å²) in [6.45, 7) is 0.177. The number of likely N-dealkylation sites (N-methyl/N-ethyl adjacent to an activating group) is 1. The van der Waals surface area contributed by atoms with Crippen LogP contribution in [0.15, 0.2) is 0 Å². The zero-order valence-electron chi connectivity index (χ0n) is 8.03. The third-order valence-corrected chi connectivity index (χ3v) is 2.30. The molecule has 1 heterocycles. The van der Waals surface area contributed by atoms with Crippen LogP contribution in [-0.4, -0.2) is 36.5 Å². The van der Waals surface area contributed by atoms with Crippen LogP contribution in [0.4, 0.5) is 0 Å². The van der Waals surface area contributed by atoms with Crippen molar-refractivity contribution >= 4 is 5.91 Å². The maximum atomic E-state index is 11.5. The number of nitrogens with one attached hydrogen (secondary N) is 1. The van der Waals surface area contributed by atoms with Crippen LogP contribution in [0, 0.1) is 22.7 Å². The van der Waals surface area contributed by atoms with E-state index < -0.39 is 12.1 Å². The van der Waals surface area contributed by atoms with Gasteiger partial charge in [0, 0.05) is 0 Å². The van der Waals surface area contributed by atoms with E-state index in [1.807, 2.05) is 12.1 Å². The molecular weight excluding hydrogens is 180 g/mol. The molecule has 2 unspecified atom stereocenters. The smallest absolute Gasteiger partial charge is 0.238 e. The minimum absolute atomic E-state index is 0.177. The summed E-state index contributed by atoms with van der Waals surface area (Å²) in [5.74, 6) is -0.178. The first kappa shape index (κ1) is 10.5. The Morgan fingerprint density at radius 2 is 1.93 bits per heavy atom. The van der Waals surface area contributed by atoms with E-state index in [-0.39, 0.29) is 12.5 Å². The number of carbonyl (C=O) groups excluding carboxylic acids is 1. The second kappa shape index (κ2) is 4.59. The van der Waals surface area contributed by atoms with E-state index in [1.165, 1.54) is 4.90 Å². The van der Waals surface area contributed by atoms with Crippen molar-refractivity contribution in [3.8, 4) is 12.1 Å². The summed E-state index contributed by atoms with van der Waals surface area (Å²) in [6.07, 6.45) is 1.20. The fourth-order valence-corrected chi connectivity index (χ4v) is 1.65. The molecule has 14 heavy (non-hydrogen) atoms. The molecule has 0 aromatic heterocycles. The van der Waals surface area contributed by atoms with E-state index in [0.717, 1.165) is 0 Å². The molecule has 5 heteroatoms. The molecule has 0 aromatic rings. The summed E-state index contributed by atoms with van der Waals surface area (Å²) in [6, 6.07) is 3.23. The molecule has 1 rings (SSSR count). The molecule has 2 atom stereocenters. The van der Waals surface area contributed by atoms with Crippen LogP contribution in [0.2, 0.25) is 0 Å². The van der Waals surface area contributed by atoms with Crippen molar-refractivity contribution in [2.24, 2.45) is 0 Å². The van der Waals surface area contributed by atoms with Gasteiger partial charge in [0.2, 0.25) is 5.91 Å². The summed E-state index contributed by atoms with van der Waals surface area (Å²) in [5.41, 5.74) is 0. The molecule has 0 radical (unpaired) electrons. The number of hydrogen-bond donors (Lipinski definition) is 1. The molecule has 74 valence electrons. The van der Waals surface area contributed by atoms with Gasteiger partial charge in [-0.3, -0.25) is 4.79 Å². The van der Waals surface area contributed by atoms with E-state index in [2.05, 4.69) is 5.32 Å². The minimum Gasteiger partial charge on any atom is -0.311 e. The zero-order chi connectivity index (χ0) is 10.6. The van der Waals surface area contributed by atoms with Gasteiger partial charge in [-0.2, -0.15) is 10.5 Å². The molecule has 1 amide bonds. The summed E-state index contributed by atoms with van der Waals surface area (Å²) in [7, 11) is 1.66. The van der Waals surface area contributed by atoms with Gasteiger partial charge in [-0.05, 0) is 19.9 Å². The lowest BCUT2D eigenvalue weighted by Crippen LogP contribution is -2.44. The second-order valence-corrected chi connectivity index (χ2v) is 3.20. The largest absolute Gasteiger partial charge is 0.311 e. The highest BCUT2D eigenvalue weighted by Crippen LogP contribution is 2.23. The van der Waals surface area contributed by atoms with Crippen LogP contribution >= 0.6 is 0 Å². The first-order valence-electron chi connectivity index (χ1n) is 4.49. The van der Waals surface area contributed by atoms with Crippen LogP contribution in [0.5, 0.6) is 0 Å². The number of hydrogen-bond acceptors (Lipinski definition) is 4. The molecule has 0 aromatic carbocycles. The summed E-state index contributed by atoms with van der Waals surface area (Å²) in [4.78, 5) is 12.9. The molecule has 1 aliphatic rings. The highest BCUT2D eigenvalue weighted by Gasteiger charge is 2.36. The van der Waals surface area contributed by atoms with Crippen molar-refractivity contribution in [3.05, 3.63) is 0 Å². The topological polar surface area (TPSA) is 79.9 Å². The van der Waals surface area contributed by atoms with E-state index >= 15 is 0 Å².